The Kier molecular flexibility index (Phi) is 6.36. The number of hydrogen-bond acceptors (Lipinski definition) is 3. The first-order valence-corrected chi connectivity index (χ1v) is 5.25. The number of nitrogens with two attached hydrogens (primary N) is 1. The second-order valence-corrected chi connectivity index (χ2v) is 4.12. The third-order valence-corrected chi connectivity index (χ3v) is 2.71. The summed E-state index contributed by atoms with van der Waals surface area (Å²) in [5.41, 5.74) is 5.56. The molecule has 0 aromatic carbocycles. The van der Waals surface area contributed by atoms with Gasteiger partial charge in [-0.15, -0.1) is 12.4 Å². The van der Waals surface area contributed by atoms with Gasteiger partial charge in [0, 0.05) is 26.6 Å². The molecule has 3 N–H and O–H groups in total. The van der Waals surface area contributed by atoms with E-state index in [1.54, 1.807) is 7.05 Å². The molecule has 1 fully saturated rings. The summed E-state index contributed by atoms with van der Waals surface area (Å²) in [7, 11) is 1.61. The molecule has 1 rings (SSSR count). The number of nitrogens with one attached hydrogen (secondary N) is 1. The molecular weight excluding hydrogens is 230 g/mol. The number of amides is 2. The number of hydrogen-bond donors (Lipinski definition) is 2. The number of carbonyl (C=O) groups excluding carboxylic acids is 2. The van der Waals surface area contributed by atoms with Crippen LogP contribution in [0.25, 0.3) is 0 Å². The molecule has 0 radical (unpaired) electrons. The van der Waals surface area contributed by atoms with E-state index in [-0.39, 0.29) is 36.8 Å². The zero-order valence-corrected chi connectivity index (χ0v) is 10.5. The smallest absolute Gasteiger partial charge is 0.239 e. The van der Waals surface area contributed by atoms with Crippen molar-refractivity contribution in [2.45, 2.75) is 25.8 Å². The minimum absolute atomic E-state index is 0. The van der Waals surface area contributed by atoms with E-state index in [9.17, 15) is 9.59 Å². The van der Waals surface area contributed by atoms with Crippen molar-refractivity contribution in [3.05, 3.63) is 0 Å². The third kappa shape index (κ3) is 4.81. The largest absolute Gasteiger partial charge is 0.350 e. The fourth-order valence-corrected chi connectivity index (χ4v) is 1.45. The van der Waals surface area contributed by atoms with Crippen LogP contribution in [0.15, 0.2) is 0 Å². The minimum atomic E-state index is -0.130. The first-order chi connectivity index (χ1) is 7.04. The van der Waals surface area contributed by atoms with Crippen molar-refractivity contribution >= 4 is 24.2 Å². The fourth-order valence-electron chi connectivity index (χ4n) is 1.45. The van der Waals surface area contributed by atoms with Gasteiger partial charge in [-0.1, -0.05) is 0 Å². The van der Waals surface area contributed by atoms with Gasteiger partial charge in [-0.3, -0.25) is 9.59 Å². The van der Waals surface area contributed by atoms with Crippen LogP contribution >= 0.6 is 12.4 Å². The molecule has 0 saturated heterocycles. The van der Waals surface area contributed by atoms with Crippen LogP contribution in [0, 0.1) is 5.92 Å². The number of rotatable bonds is 5. The Morgan fingerprint density at radius 2 is 2.06 bits per heavy atom. The van der Waals surface area contributed by atoms with E-state index >= 15 is 0 Å². The quantitative estimate of drug-likeness (QED) is 0.705. The predicted molar refractivity (Wildman–Crippen MR) is 64.3 cm³/mol. The summed E-state index contributed by atoms with van der Waals surface area (Å²) in [4.78, 5) is 23.8. The van der Waals surface area contributed by atoms with Crippen molar-refractivity contribution in [2.75, 3.05) is 20.1 Å². The van der Waals surface area contributed by atoms with Crippen molar-refractivity contribution in [1.82, 2.24) is 10.2 Å². The Morgan fingerprint density at radius 1 is 1.50 bits per heavy atom. The lowest BCUT2D eigenvalue weighted by molar-refractivity contribution is -0.133. The molecule has 2 amide bonds. The van der Waals surface area contributed by atoms with Crippen LogP contribution in [0.4, 0.5) is 0 Å². The lowest BCUT2D eigenvalue weighted by atomic mass is 10.2. The SMILES string of the molecule is CC(=O)N(C)CC(=O)NC(CN)C1CC1.Cl. The minimum Gasteiger partial charge on any atom is -0.350 e. The molecule has 0 aliphatic heterocycles. The van der Waals surface area contributed by atoms with Crippen molar-refractivity contribution in [1.29, 1.82) is 0 Å². The van der Waals surface area contributed by atoms with Crippen LogP contribution < -0.4 is 11.1 Å². The second-order valence-electron chi connectivity index (χ2n) is 4.12. The van der Waals surface area contributed by atoms with Gasteiger partial charge in [0.1, 0.15) is 0 Å². The van der Waals surface area contributed by atoms with E-state index in [4.69, 9.17) is 5.73 Å². The molecule has 1 aliphatic rings. The molecule has 1 atom stereocenters. The Morgan fingerprint density at radius 3 is 2.44 bits per heavy atom. The van der Waals surface area contributed by atoms with Gasteiger partial charge < -0.3 is 16.0 Å². The average molecular weight is 250 g/mol. The summed E-state index contributed by atoms with van der Waals surface area (Å²) in [6.07, 6.45) is 2.29. The Balaban J connectivity index is 0.00000225. The number of carbonyl (C=O) groups is 2. The van der Waals surface area contributed by atoms with Gasteiger partial charge in [0.2, 0.25) is 11.8 Å². The topological polar surface area (TPSA) is 75.4 Å². The van der Waals surface area contributed by atoms with E-state index in [1.807, 2.05) is 0 Å². The van der Waals surface area contributed by atoms with Crippen LogP contribution in [0.1, 0.15) is 19.8 Å². The van der Waals surface area contributed by atoms with Crippen molar-refractivity contribution in [2.24, 2.45) is 11.7 Å². The van der Waals surface area contributed by atoms with Crippen LogP contribution in [0.5, 0.6) is 0 Å². The van der Waals surface area contributed by atoms with Gasteiger partial charge in [0.15, 0.2) is 0 Å². The van der Waals surface area contributed by atoms with Crippen molar-refractivity contribution in [3.63, 3.8) is 0 Å². The van der Waals surface area contributed by atoms with Crippen LogP contribution in [0.2, 0.25) is 0 Å². The summed E-state index contributed by atoms with van der Waals surface area (Å²) in [6, 6.07) is 0.0814. The highest BCUT2D eigenvalue weighted by Gasteiger charge is 2.31. The third-order valence-electron chi connectivity index (χ3n) is 2.71. The van der Waals surface area contributed by atoms with E-state index in [1.165, 1.54) is 11.8 Å². The maximum absolute atomic E-state index is 11.5. The molecule has 16 heavy (non-hydrogen) atoms. The second kappa shape index (κ2) is 6.70. The maximum Gasteiger partial charge on any atom is 0.239 e. The maximum atomic E-state index is 11.5. The molecular formula is C10H20ClN3O2. The Labute approximate surface area is 102 Å². The van der Waals surface area contributed by atoms with Gasteiger partial charge in [0.05, 0.1) is 6.54 Å². The fraction of sp³-hybridized carbons (Fsp3) is 0.800. The number of halogens is 1. The molecule has 0 aromatic heterocycles. The summed E-state index contributed by atoms with van der Waals surface area (Å²) >= 11 is 0. The molecule has 0 heterocycles. The molecule has 0 bridgehead atoms. The number of likely N-dealkylation sites (N-methyl/N-ethyl adjacent to an activating group) is 1. The average Bonchev–Trinajstić information content (AvgIpc) is 2.97. The van der Waals surface area contributed by atoms with E-state index in [0.717, 1.165) is 12.8 Å². The molecule has 0 aromatic rings. The van der Waals surface area contributed by atoms with Gasteiger partial charge in [-0.05, 0) is 18.8 Å². The van der Waals surface area contributed by atoms with Gasteiger partial charge in [0.25, 0.3) is 0 Å². The first-order valence-electron chi connectivity index (χ1n) is 5.25. The van der Waals surface area contributed by atoms with Crippen LogP contribution in [-0.4, -0.2) is 42.9 Å². The molecule has 1 saturated carbocycles. The highest BCUT2D eigenvalue weighted by molar-refractivity contribution is 5.85. The van der Waals surface area contributed by atoms with Gasteiger partial charge in [-0.25, -0.2) is 0 Å². The monoisotopic (exact) mass is 249 g/mol. The Hall–Kier alpha value is -0.810. The van der Waals surface area contributed by atoms with Crippen molar-refractivity contribution < 1.29 is 9.59 Å². The number of nitrogens with zero attached hydrogens (tertiary/aromatic N) is 1. The molecule has 94 valence electrons. The molecule has 0 spiro atoms. The van der Waals surface area contributed by atoms with E-state index < -0.39 is 0 Å². The van der Waals surface area contributed by atoms with Crippen molar-refractivity contribution in [3.8, 4) is 0 Å². The van der Waals surface area contributed by atoms with E-state index in [0.29, 0.717) is 12.5 Å². The summed E-state index contributed by atoms with van der Waals surface area (Å²) < 4.78 is 0. The molecule has 1 unspecified atom stereocenters. The highest BCUT2D eigenvalue weighted by atomic mass is 35.5. The molecule has 5 nitrogen and oxygen atoms in total. The lowest BCUT2D eigenvalue weighted by Gasteiger charge is -2.19. The zero-order chi connectivity index (χ0) is 11.4. The normalized spacial score (nSPS) is 15.9. The lowest BCUT2D eigenvalue weighted by Crippen LogP contribution is -2.46. The van der Waals surface area contributed by atoms with Crippen LogP contribution in [-0.2, 0) is 9.59 Å². The van der Waals surface area contributed by atoms with Crippen LogP contribution in [0.3, 0.4) is 0 Å². The molecule has 6 heteroatoms. The van der Waals surface area contributed by atoms with E-state index in [2.05, 4.69) is 5.32 Å². The molecule has 1 aliphatic carbocycles. The van der Waals surface area contributed by atoms with Gasteiger partial charge in [-0.2, -0.15) is 0 Å². The first kappa shape index (κ1) is 15.2. The standard InChI is InChI=1S/C10H19N3O2.ClH/c1-7(14)13(2)6-10(15)12-9(5-11)8-3-4-8;/h8-9H,3-6,11H2,1-2H3,(H,12,15);1H. The Bertz CT molecular complexity index is 256. The summed E-state index contributed by atoms with van der Waals surface area (Å²) in [6.45, 7) is 2.02. The summed E-state index contributed by atoms with van der Waals surface area (Å²) in [5, 5.41) is 2.86. The zero-order valence-electron chi connectivity index (χ0n) is 9.73. The predicted octanol–water partition coefficient (Wildman–Crippen LogP) is -0.260. The highest BCUT2D eigenvalue weighted by Crippen LogP contribution is 2.32. The summed E-state index contributed by atoms with van der Waals surface area (Å²) in [5.74, 6) is 0.303. The van der Waals surface area contributed by atoms with Gasteiger partial charge >= 0.3 is 0 Å².